The fraction of sp³-hybridized carbons (Fsp3) is 0.500. The molecular weight excluding hydrogens is 348 g/mol. The number of benzene rings is 1. The number of sulfonamides is 1. The summed E-state index contributed by atoms with van der Waals surface area (Å²) in [6.45, 7) is 1.52. The third kappa shape index (κ3) is 4.41. The van der Waals surface area contributed by atoms with Gasteiger partial charge in [-0.25, -0.2) is 8.42 Å². The molecule has 1 saturated carbocycles. The first-order valence-corrected chi connectivity index (χ1v) is 9.58. The number of carboxylic acids is 1. The predicted octanol–water partition coefficient (Wildman–Crippen LogP) is 2.04. The Morgan fingerprint density at radius 1 is 1.32 bits per heavy atom. The topological polar surface area (TPSA) is 122 Å². The quantitative estimate of drug-likeness (QED) is 0.644. The highest BCUT2D eigenvalue weighted by Crippen LogP contribution is 2.44. The number of rotatable bonds is 8. The average molecular weight is 370 g/mol. The molecule has 1 aliphatic rings. The maximum Gasteiger partial charge on any atom is 0.310 e. The number of hydrogen-bond donors (Lipinski definition) is 3. The van der Waals surface area contributed by atoms with Gasteiger partial charge in [-0.2, -0.15) is 0 Å². The van der Waals surface area contributed by atoms with Gasteiger partial charge in [-0.1, -0.05) is 6.42 Å². The predicted molar refractivity (Wildman–Crippen MR) is 93.2 cm³/mol. The van der Waals surface area contributed by atoms with Crippen LogP contribution in [0.25, 0.3) is 0 Å². The van der Waals surface area contributed by atoms with Crippen LogP contribution >= 0.6 is 0 Å². The number of hydrogen-bond acceptors (Lipinski definition) is 5. The van der Waals surface area contributed by atoms with Gasteiger partial charge in [0.1, 0.15) is 5.75 Å². The molecule has 0 atom stereocenters. The Labute approximate surface area is 146 Å². The van der Waals surface area contributed by atoms with Crippen molar-refractivity contribution in [2.45, 2.75) is 32.6 Å². The molecule has 1 amide bonds. The van der Waals surface area contributed by atoms with Gasteiger partial charge in [-0.3, -0.25) is 14.3 Å². The molecular formula is C16H22N2O6S. The molecule has 0 heterocycles. The third-order valence-corrected chi connectivity index (χ3v) is 5.69. The molecule has 0 unspecified atom stereocenters. The first-order valence-electron chi connectivity index (χ1n) is 7.93. The van der Waals surface area contributed by atoms with Crippen LogP contribution in [0, 0.1) is 5.41 Å². The molecule has 0 aliphatic heterocycles. The molecule has 3 N–H and O–H groups in total. The number of carbonyl (C=O) groups excluding carboxylic acids is 1. The van der Waals surface area contributed by atoms with Crippen molar-refractivity contribution in [3.05, 3.63) is 18.2 Å². The Balaban J connectivity index is 2.10. The summed E-state index contributed by atoms with van der Waals surface area (Å²) >= 11 is 0. The smallest absolute Gasteiger partial charge is 0.310 e. The molecule has 25 heavy (non-hydrogen) atoms. The highest BCUT2D eigenvalue weighted by atomic mass is 32.2. The molecule has 138 valence electrons. The monoisotopic (exact) mass is 370 g/mol. The van der Waals surface area contributed by atoms with Crippen molar-refractivity contribution in [2.75, 3.05) is 22.9 Å². The fourth-order valence-electron chi connectivity index (χ4n) is 2.68. The normalized spacial score (nSPS) is 15.8. The minimum absolute atomic E-state index is 0.0775. The van der Waals surface area contributed by atoms with Crippen LogP contribution in [0.5, 0.6) is 5.75 Å². The van der Waals surface area contributed by atoms with Crippen LogP contribution in [0.3, 0.4) is 0 Å². The number of methoxy groups -OCH3 is 1. The molecule has 2 rings (SSSR count). The lowest BCUT2D eigenvalue weighted by Gasteiger charge is -2.36. The number of carboxylic acid groups (broad SMARTS) is 1. The zero-order valence-corrected chi connectivity index (χ0v) is 15.0. The second-order valence-corrected chi connectivity index (χ2v) is 8.10. The van der Waals surface area contributed by atoms with Crippen molar-refractivity contribution in [1.29, 1.82) is 0 Å². The molecule has 0 bridgehead atoms. The van der Waals surface area contributed by atoms with Gasteiger partial charge in [0, 0.05) is 18.2 Å². The van der Waals surface area contributed by atoms with Gasteiger partial charge in [0.15, 0.2) is 0 Å². The zero-order valence-electron chi connectivity index (χ0n) is 14.2. The van der Waals surface area contributed by atoms with E-state index >= 15 is 0 Å². The Kier molecular flexibility index (Phi) is 5.56. The number of aliphatic carboxylic acids is 1. The minimum Gasteiger partial charge on any atom is -0.494 e. The Bertz CT molecular complexity index is 771. The largest absolute Gasteiger partial charge is 0.494 e. The van der Waals surface area contributed by atoms with Crippen LogP contribution in [0.4, 0.5) is 11.4 Å². The van der Waals surface area contributed by atoms with E-state index in [1.165, 1.54) is 32.2 Å². The van der Waals surface area contributed by atoms with Crippen LogP contribution < -0.4 is 14.8 Å². The van der Waals surface area contributed by atoms with E-state index in [0.717, 1.165) is 6.42 Å². The number of carbonyl (C=O) groups is 2. The van der Waals surface area contributed by atoms with Crippen LogP contribution in [0.15, 0.2) is 18.2 Å². The standard InChI is InChI=1S/C16H22N2O6S/c1-3-25(22,23)18-12-6-5-11(9-13(12)24-2)17-14(19)10-16(15(20)21)7-4-8-16/h5-6,9,18H,3-4,7-8,10H2,1-2H3,(H,17,19)(H,20,21). The fourth-order valence-corrected chi connectivity index (χ4v) is 3.32. The number of ether oxygens (including phenoxy) is 1. The van der Waals surface area contributed by atoms with E-state index in [2.05, 4.69) is 10.0 Å². The maximum atomic E-state index is 12.2. The van der Waals surface area contributed by atoms with Crippen molar-refractivity contribution in [3.8, 4) is 5.75 Å². The van der Waals surface area contributed by atoms with Gasteiger partial charge in [-0.15, -0.1) is 0 Å². The van der Waals surface area contributed by atoms with E-state index in [1.54, 1.807) is 0 Å². The van der Waals surface area contributed by atoms with Gasteiger partial charge in [0.05, 0.1) is 24.0 Å². The highest BCUT2D eigenvalue weighted by Gasteiger charge is 2.45. The van der Waals surface area contributed by atoms with E-state index in [0.29, 0.717) is 18.5 Å². The van der Waals surface area contributed by atoms with E-state index in [4.69, 9.17) is 4.74 Å². The summed E-state index contributed by atoms with van der Waals surface area (Å²) in [4.78, 5) is 23.5. The molecule has 0 aromatic heterocycles. The Morgan fingerprint density at radius 2 is 2.00 bits per heavy atom. The molecule has 0 radical (unpaired) electrons. The summed E-state index contributed by atoms with van der Waals surface area (Å²) in [6, 6.07) is 4.50. The van der Waals surface area contributed by atoms with Crippen molar-refractivity contribution in [3.63, 3.8) is 0 Å². The van der Waals surface area contributed by atoms with Gasteiger partial charge in [-0.05, 0) is 31.9 Å². The summed E-state index contributed by atoms with van der Waals surface area (Å²) in [5.74, 6) is -1.17. The first kappa shape index (κ1) is 19.0. The molecule has 1 aromatic carbocycles. The van der Waals surface area contributed by atoms with Crippen molar-refractivity contribution < 1.29 is 27.9 Å². The summed E-state index contributed by atoms with van der Waals surface area (Å²) in [6.07, 6.45) is 1.71. The number of anilines is 2. The molecule has 1 aromatic rings. The molecule has 0 spiro atoms. The second-order valence-electron chi connectivity index (χ2n) is 6.08. The lowest BCUT2D eigenvalue weighted by Crippen LogP contribution is -2.41. The van der Waals surface area contributed by atoms with E-state index in [9.17, 15) is 23.1 Å². The van der Waals surface area contributed by atoms with Crippen molar-refractivity contribution in [2.24, 2.45) is 5.41 Å². The maximum absolute atomic E-state index is 12.2. The van der Waals surface area contributed by atoms with Crippen LogP contribution in [-0.4, -0.2) is 38.3 Å². The SMILES string of the molecule is CCS(=O)(=O)Nc1ccc(NC(=O)CC2(C(=O)O)CCC2)cc1OC. The van der Waals surface area contributed by atoms with Crippen LogP contribution in [-0.2, 0) is 19.6 Å². The second kappa shape index (κ2) is 7.30. The number of nitrogens with one attached hydrogen (secondary N) is 2. The van der Waals surface area contributed by atoms with Gasteiger partial charge < -0.3 is 15.2 Å². The lowest BCUT2D eigenvalue weighted by molar-refractivity contribution is -0.157. The molecule has 1 aliphatic carbocycles. The van der Waals surface area contributed by atoms with Gasteiger partial charge in [0.25, 0.3) is 0 Å². The van der Waals surface area contributed by atoms with Gasteiger partial charge >= 0.3 is 5.97 Å². The van der Waals surface area contributed by atoms with E-state index in [1.807, 2.05) is 0 Å². The summed E-state index contributed by atoms with van der Waals surface area (Å²) in [5.41, 5.74) is -0.297. The zero-order chi connectivity index (χ0) is 18.7. The lowest BCUT2D eigenvalue weighted by atomic mass is 9.66. The van der Waals surface area contributed by atoms with Crippen LogP contribution in [0.2, 0.25) is 0 Å². The summed E-state index contributed by atoms with van der Waals surface area (Å²) in [7, 11) is -2.07. The van der Waals surface area contributed by atoms with Gasteiger partial charge in [0.2, 0.25) is 15.9 Å². The first-order chi connectivity index (χ1) is 11.7. The Morgan fingerprint density at radius 3 is 2.48 bits per heavy atom. The minimum atomic E-state index is -3.45. The van der Waals surface area contributed by atoms with E-state index in [-0.39, 0.29) is 23.6 Å². The van der Waals surface area contributed by atoms with Crippen molar-refractivity contribution in [1.82, 2.24) is 0 Å². The molecule has 1 fully saturated rings. The highest BCUT2D eigenvalue weighted by molar-refractivity contribution is 7.92. The molecule has 9 heteroatoms. The number of amides is 1. The van der Waals surface area contributed by atoms with E-state index < -0.39 is 27.3 Å². The summed E-state index contributed by atoms with van der Waals surface area (Å²) in [5, 5.41) is 11.9. The Hall–Kier alpha value is -2.29. The third-order valence-electron chi connectivity index (χ3n) is 4.39. The van der Waals surface area contributed by atoms with Crippen LogP contribution in [0.1, 0.15) is 32.6 Å². The summed E-state index contributed by atoms with van der Waals surface area (Å²) < 4.78 is 30.9. The van der Waals surface area contributed by atoms with Crippen molar-refractivity contribution >= 4 is 33.3 Å². The average Bonchev–Trinajstić information content (AvgIpc) is 2.51. The molecule has 8 nitrogen and oxygen atoms in total. The molecule has 0 saturated heterocycles.